The van der Waals surface area contributed by atoms with Gasteiger partial charge in [-0.05, 0) is 37.2 Å². The summed E-state index contributed by atoms with van der Waals surface area (Å²) in [5.41, 5.74) is 1.94. The lowest BCUT2D eigenvalue weighted by Gasteiger charge is -2.34. The van der Waals surface area contributed by atoms with Crippen LogP contribution in [-0.2, 0) is 6.54 Å². The predicted molar refractivity (Wildman–Crippen MR) is 89.0 cm³/mol. The first-order chi connectivity index (χ1) is 11.2. The van der Waals surface area contributed by atoms with Gasteiger partial charge in [-0.25, -0.2) is 9.97 Å². The van der Waals surface area contributed by atoms with E-state index in [0.29, 0.717) is 23.9 Å². The number of nitrogens with zero attached hydrogens (tertiary/aromatic N) is 3. The second kappa shape index (κ2) is 7.36. The van der Waals surface area contributed by atoms with E-state index in [4.69, 9.17) is 11.6 Å². The Hall–Kier alpha value is -1.53. The van der Waals surface area contributed by atoms with Gasteiger partial charge in [0.1, 0.15) is 0 Å². The highest BCUT2D eigenvalue weighted by Crippen LogP contribution is 2.20. The molecule has 2 atom stereocenters. The lowest BCUT2D eigenvalue weighted by atomic mass is 9.94. The maximum absolute atomic E-state index is 9.99. The smallest absolute Gasteiger partial charge is 0.159 e. The minimum atomic E-state index is -0.469. The number of hydrogen-bond donors (Lipinski definition) is 2. The van der Waals surface area contributed by atoms with Crippen molar-refractivity contribution >= 4 is 11.6 Å². The maximum atomic E-state index is 9.99. The molecule has 0 unspecified atom stereocenters. The molecule has 1 saturated heterocycles. The van der Waals surface area contributed by atoms with Gasteiger partial charge in [0.2, 0.25) is 0 Å². The van der Waals surface area contributed by atoms with Gasteiger partial charge in [-0.2, -0.15) is 0 Å². The lowest BCUT2D eigenvalue weighted by molar-refractivity contribution is -0.00449. The number of aliphatic hydroxyl groups excluding tert-OH is 2. The number of rotatable bonds is 4. The van der Waals surface area contributed by atoms with Crippen LogP contribution in [0, 0.1) is 5.92 Å². The van der Waals surface area contributed by atoms with Crippen molar-refractivity contribution in [3.8, 4) is 11.4 Å². The molecule has 1 aliphatic heterocycles. The van der Waals surface area contributed by atoms with Crippen LogP contribution in [0.4, 0.5) is 0 Å². The van der Waals surface area contributed by atoms with Crippen LogP contribution >= 0.6 is 11.6 Å². The van der Waals surface area contributed by atoms with E-state index in [1.165, 1.54) is 0 Å². The Labute approximate surface area is 140 Å². The van der Waals surface area contributed by atoms with Crippen LogP contribution in [0.3, 0.4) is 0 Å². The zero-order chi connectivity index (χ0) is 16.2. The lowest BCUT2D eigenvalue weighted by Crippen LogP contribution is -2.44. The Kier molecular flexibility index (Phi) is 5.23. The van der Waals surface area contributed by atoms with Crippen molar-refractivity contribution < 1.29 is 10.2 Å². The summed E-state index contributed by atoms with van der Waals surface area (Å²) in [6, 6.07) is 7.43. The Bertz CT molecular complexity index is 633. The normalized spacial score (nSPS) is 22.2. The SMILES string of the molecule is OC[C@H]1CCN(Cc2cnc(-c3ccc(Cl)cc3)nc2)C[C@H]1O. The first-order valence-electron chi connectivity index (χ1n) is 7.74. The Morgan fingerprint density at radius 1 is 1.17 bits per heavy atom. The van der Waals surface area contributed by atoms with Crippen LogP contribution in [0.5, 0.6) is 0 Å². The van der Waals surface area contributed by atoms with Crippen molar-refractivity contribution in [1.82, 2.24) is 14.9 Å². The average Bonchev–Trinajstić information content (AvgIpc) is 2.57. The van der Waals surface area contributed by atoms with Crippen molar-refractivity contribution in [2.45, 2.75) is 19.1 Å². The molecule has 1 fully saturated rings. The highest BCUT2D eigenvalue weighted by molar-refractivity contribution is 6.30. The van der Waals surface area contributed by atoms with Gasteiger partial charge in [0.15, 0.2) is 5.82 Å². The number of benzene rings is 1. The first-order valence-corrected chi connectivity index (χ1v) is 8.11. The minimum Gasteiger partial charge on any atom is -0.396 e. The number of hydrogen-bond acceptors (Lipinski definition) is 5. The van der Waals surface area contributed by atoms with Crippen LogP contribution in [0.25, 0.3) is 11.4 Å². The molecule has 0 radical (unpaired) electrons. The fourth-order valence-electron chi connectivity index (χ4n) is 2.84. The van der Waals surface area contributed by atoms with Crippen LogP contribution in [0.2, 0.25) is 5.02 Å². The summed E-state index contributed by atoms with van der Waals surface area (Å²) >= 11 is 5.88. The molecule has 2 N–H and O–H groups in total. The van der Waals surface area contributed by atoms with Gasteiger partial charge in [-0.1, -0.05) is 11.6 Å². The van der Waals surface area contributed by atoms with Crippen molar-refractivity contribution in [2.24, 2.45) is 5.92 Å². The molecule has 0 saturated carbocycles. The molecule has 23 heavy (non-hydrogen) atoms. The third-order valence-corrected chi connectivity index (χ3v) is 4.51. The van der Waals surface area contributed by atoms with Crippen molar-refractivity contribution in [2.75, 3.05) is 19.7 Å². The predicted octanol–water partition coefficient (Wildman–Crippen LogP) is 1.97. The van der Waals surface area contributed by atoms with E-state index in [2.05, 4.69) is 14.9 Å². The quantitative estimate of drug-likeness (QED) is 0.895. The standard InChI is InChI=1S/C17H20ClN3O2/c18-15-3-1-13(2-4-15)17-19-7-12(8-20-17)9-21-6-5-14(11-22)16(23)10-21/h1-4,7-8,14,16,22-23H,5-6,9-11H2/t14-,16-/m1/s1. The molecule has 3 rings (SSSR count). The number of likely N-dealkylation sites (tertiary alicyclic amines) is 1. The first kappa shape index (κ1) is 16.3. The van der Waals surface area contributed by atoms with Gasteiger partial charge >= 0.3 is 0 Å². The summed E-state index contributed by atoms with van der Waals surface area (Å²) in [7, 11) is 0. The van der Waals surface area contributed by atoms with E-state index in [9.17, 15) is 10.2 Å². The molecule has 6 heteroatoms. The molecule has 2 heterocycles. The number of β-amino-alcohol motifs (C(OH)–C–C–N with tert-alkyl or cyclic N) is 1. The molecule has 5 nitrogen and oxygen atoms in total. The fraction of sp³-hybridized carbons (Fsp3) is 0.412. The summed E-state index contributed by atoms with van der Waals surface area (Å²) in [4.78, 5) is 11.0. The van der Waals surface area contributed by atoms with E-state index >= 15 is 0 Å². The highest BCUT2D eigenvalue weighted by Gasteiger charge is 2.26. The van der Waals surface area contributed by atoms with Crippen molar-refractivity contribution in [3.05, 3.63) is 47.2 Å². The summed E-state index contributed by atoms with van der Waals surface area (Å²) in [6.45, 7) is 2.19. The van der Waals surface area contributed by atoms with Gasteiger partial charge in [-0.15, -0.1) is 0 Å². The molecular weight excluding hydrogens is 314 g/mol. The molecule has 2 aromatic rings. The van der Waals surface area contributed by atoms with Gasteiger partial charge in [-0.3, -0.25) is 4.90 Å². The number of aliphatic hydroxyl groups is 2. The minimum absolute atomic E-state index is 0.00483. The van der Waals surface area contributed by atoms with Crippen molar-refractivity contribution in [1.29, 1.82) is 0 Å². The fourth-order valence-corrected chi connectivity index (χ4v) is 2.97. The van der Waals surface area contributed by atoms with Crippen LogP contribution in [-0.4, -0.2) is 50.9 Å². The topological polar surface area (TPSA) is 69.5 Å². The average molecular weight is 334 g/mol. The van der Waals surface area contributed by atoms with E-state index < -0.39 is 6.10 Å². The number of halogens is 1. The molecule has 0 spiro atoms. The Balaban J connectivity index is 1.63. The van der Waals surface area contributed by atoms with Crippen LogP contribution in [0.15, 0.2) is 36.7 Å². The molecule has 1 aromatic heterocycles. The van der Waals surface area contributed by atoms with Gasteiger partial charge in [0.25, 0.3) is 0 Å². The largest absolute Gasteiger partial charge is 0.396 e. The third-order valence-electron chi connectivity index (χ3n) is 4.25. The summed E-state index contributed by atoms with van der Waals surface area (Å²) in [6.07, 6.45) is 3.98. The highest BCUT2D eigenvalue weighted by atomic mass is 35.5. The number of aromatic nitrogens is 2. The van der Waals surface area contributed by atoms with Gasteiger partial charge in [0, 0.05) is 54.2 Å². The van der Waals surface area contributed by atoms with E-state index in [1.807, 2.05) is 36.7 Å². The Morgan fingerprint density at radius 3 is 2.48 bits per heavy atom. The van der Waals surface area contributed by atoms with E-state index in [1.54, 1.807) is 0 Å². The monoisotopic (exact) mass is 333 g/mol. The maximum Gasteiger partial charge on any atom is 0.159 e. The Morgan fingerprint density at radius 2 is 1.87 bits per heavy atom. The van der Waals surface area contributed by atoms with Crippen LogP contribution in [0.1, 0.15) is 12.0 Å². The molecule has 1 aliphatic rings. The molecule has 122 valence electrons. The molecule has 0 bridgehead atoms. The summed E-state index contributed by atoms with van der Waals surface area (Å²) < 4.78 is 0. The second-order valence-corrected chi connectivity index (χ2v) is 6.39. The van der Waals surface area contributed by atoms with Crippen molar-refractivity contribution in [3.63, 3.8) is 0 Å². The van der Waals surface area contributed by atoms with E-state index in [0.717, 1.165) is 24.1 Å². The second-order valence-electron chi connectivity index (χ2n) is 5.96. The molecule has 0 aliphatic carbocycles. The number of piperidine rings is 1. The van der Waals surface area contributed by atoms with Crippen LogP contribution < -0.4 is 0 Å². The third kappa shape index (κ3) is 4.06. The molecule has 0 amide bonds. The van der Waals surface area contributed by atoms with Gasteiger partial charge < -0.3 is 10.2 Å². The summed E-state index contributed by atoms with van der Waals surface area (Å²) in [5.74, 6) is 0.666. The van der Waals surface area contributed by atoms with Gasteiger partial charge in [0.05, 0.1) is 6.10 Å². The zero-order valence-corrected chi connectivity index (χ0v) is 13.5. The van der Waals surface area contributed by atoms with E-state index in [-0.39, 0.29) is 12.5 Å². The molecule has 1 aromatic carbocycles. The molecular formula is C17H20ClN3O2. The zero-order valence-electron chi connectivity index (χ0n) is 12.8. The summed E-state index contributed by atoms with van der Waals surface area (Å²) in [5, 5.41) is 19.9.